The van der Waals surface area contributed by atoms with Crippen LogP contribution in [0.3, 0.4) is 0 Å². The van der Waals surface area contributed by atoms with E-state index in [-0.39, 0.29) is 0 Å². The Hall–Kier alpha value is -0.180. The monoisotopic (exact) mass is 351 g/mol. The summed E-state index contributed by atoms with van der Waals surface area (Å²) in [5.74, 6) is 0. The molecule has 1 saturated carbocycles. The summed E-state index contributed by atoms with van der Waals surface area (Å²) < 4.78 is 28.2. The Bertz CT molecular complexity index is 558. The van der Waals surface area contributed by atoms with E-state index >= 15 is 0 Å². The van der Waals surface area contributed by atoms with Gasteiger partial charge in [-0.15, -0.1) is 11.3 Å². The maximum Gasteiger partial charge on any atom is 0.281 e. The quantitative estimate of drug-likeness (QED) is 0.693. The molecule has 2 rings (SSSR count). The molecule has 0 spiro atoms. The lowest BCUT2D eigenvalue weighted by molar-refractivity contribution is 0.385. The van der Waals surface area contributed by atoms with E-state index in [0.717, 1.165) is 17.8 Å². The Balaban J connectivity index is 1.79. The third-order valence-electron chi connectivity index (χ3n) is 3.46. The zero-order chi connectivity index (χ0) is 15.5. The molecule has 0 amide bonds. The van der Waals surface area contributed by atoms with Gasteiger partial charge in [0.15, 0.2) is 0 Å². The predicted molar refractivity (Wildman–Crippen MR) is 88.0 cm³/mol. The molecule has 0 radical (unpaired) electrons. The van der Waals surface area contributed by atoms with Gasteiger partial charge in [0.25, 0.3) is 10.2 Å². The first-order valence-corrected chi connectivity index (χ1v) is 9.64. The van der Waals surface area contributed by atoms with Crippen LogP contribution >= 0.6 is 22.9 Å². The number of hydrogen-bond acceptors (Lipinski definition) is 4. The molecule has 5 nitrogen and oxygen atoms in total. The highest BCUT2D eigenvalue weighted by Crippen LogP contribution is 2.23. The van der Waals surface area contributed by atoms with Crippen LogP contribution in [0.25, 0.3) is 0 Å². The summed E-state index contributed by atoms with van der Waals surface area (Å²) in [6.45, 7) is 1.75. The van der Waals surface area contributed by atoms with Gasteiger partial charge >= 0.3 is 0 Å². The molecule has 0 atom stereocenters. The lowest BCUT2D eigenvalue weighted by atomic mass is 10.4. The summed E-state index contributed by atoms with van der Waals surface area (Å²) in [7, 11) is -0.182. The Kier molecular flexibility index (Phi) is 6.05. The number of thiophene rings is 1. The maximum atomic E-state index is 12.4. The summed E-state index contributed by atoms with van der Waals surface area (Å²) in [5, 5.41) is 3.39. The van der Waals surface area contributed by atoms with Crippen molar-refractivity contribution in [3.05, 3.63) is 21.3 Å². The second kappa shape index (κ2) is 7.39. The molecule has 120 valence electrons. The van der Waals surface area contributed by atoms with Gasteiger partial charge in [-0.25, -0.2) is 0 Å². The van der Waals surface area contributed by atoms with Gasteiger partial charge in [-0.05, 0) is 37.9 Å². The van der Waals surface area contributed by atoms with Crippen molar-refractivity contribution in [1.82, 2.24) is 13.9 Å². The smallest absolute Gasteiger partial charge is 0.281 e. The fraction of sp³-hybridized carbons (Fsp3) is 0.692. The number of halogens is 1. The largest absolute Gasteiger partial charge is 0.314 e. The van der Waals surface area contributed by atoms with Crippen molar-refractivity contribution < 1.29 is 8.42 Å². The van der Waals surface area contributed by atoms with Crippen molar-refractivity contribution in [2.24, 2.45) is 0 Å². The molecule has 1 aromatic rings. The number of rotatable bonds is 9. The zero-order valence-corrected chi connectivity index (χ0v) is 14.8. The Morgan fingerprint density at radius 2 is 2.05 bits per heavy atom. The van der Waals surface area contributed by atoms with Gasteiger partial charge in [-0.3, -0.25) is 0 Å². The minimum atomic E-state index is -3.41. The molecule has 8 heteroatoms. The SMILES string of the molecule is CN(CCCNC1CC1)S(=O)(=O)N(C)Cc1ccc(Cl)s1. The second-order valence-corrected chi connectivity index (χ2v) is 9.32. The fourth-order valence-corrected chi connectivity index (χ4v) is 4.35. The van der Waals surface area contributed by atoms with Crippen molar-refractivity contribution >= 4 is 33.1 Å². The molecule has 0 aliphatic heterocycles. The number of nitrogens with zero attached hydrogens (tertiary/aromatic N) is 2. The molecule has 1 heterocycles. The lowest BCUT2D eigenvalue weighted by Crippen LogP contribution is -2.40. The van der Waals surface area contributed by atoms with E-state index in [0.29, 0.717) is 23.5 Å². The molecule has 0 unspecified atom stereocenters. The first-order valence-electron chi connectivity index (χ1n) is 7.05. The van der Waals surface area contributed by atoms with Gasteiger partial charge in [-0.1, -0.05) is 11.6 Å². The Morgan fingerprint density at radius 1 is 1.33 bits per heavy atom. The summed E-state index contributed by atoms with van der Waals surface area (Å²) in [4.78, 5) is 0.940. The van der Waals surface area contributed by atoms with Crippen LogP contribution in [0, 0.1) is 0 Å². The van der Waals surface area contributed by atoms with Gasteiger partial charge in [0.2, 0.25) is 0 Å². The minimum Gasteiger partial charge on any atom is -0.314 e. The zero-order valence-electron chi connectivity index (χ0n) is 12.4. The molecular formula is C13H22ClN3O2S2. The van der Waals surface area contributed by atoms with E-state index in [2.05, 4.69) is 5.32 Å². The van der Waals surface area contributed by atoms with Crippen LogP contribution < -0.4 is 5.32 Å². The van der Waals surface area contributed by atoms with Gasteiger partial charge in [0, 0.05) is 38.1 Å². The van der Waals surface area contributed by atoms with E-state index in [9.17, 15) is 8.42 Å². The summed E-state index contributed by atoms with van der Waals surface area (Å²) in [5.41, 5.74) is 0. The molecule has 0 aromatic carbocycles. The first-order chi connectivity index (χ1) is 9.89. The lowest BCUT2D eigenvalue weighted by Gasteiger charge is -2.24. The molecule has 0 saturated heterocycles. The molecule has 1 aliphatic rings. The maximum absolute atomic E-state index is 12.4. The van der Waals surface area contributed by atoms with Crippen LogP contribution in [0.2, 0.25) is 4.34 Å². The molecule has 0 bridgehead atoms. The highest BCUT2D eigenvalue weighted by Gasteiger charge is 2.24. The highest BCUT2D eigenvalue weighted by molar-refractivity contribution is 7.86. The summed E-state index contributed by atoms with van der Waals surface area (Å²) in [6, 6.07) is 4.31. The Morgan fingerprint density at radius 3 is 2.62 bits per heavy atom. The third-order valence-corrected chi connectivity index (χ3v) is 6.56. The van der Waals surface area contributed by atoms with Crippen LogP contribution in [0.1, 0.15) is 24.1 Å². The highest BCUT2D eigenvalue weighted by atomic mass is 35.5. The summed E-state index contributed by atoms with van der Waals surface area (Å²) in [6.07, 6.45) is 3.32. The Labute approximate surface area is 136 Å². The molecule has 21 heavy (non-hydrogen) atoms. The molecule has 1 fully saturated rings. The van der Waals surface area contributed by atoms with E-state index in [4.69, 9.17) is 11.6 Å². The van der Waals surface area contributed by atoms with Crippen molar-refractivity contribution in [3.63, 3.8) is 0 Å². The van der Waals surface area contributed by atoms with Gasteiger partial charge in [0.1, 0.15) is 0 Å². The normalized spacial score (nSPS) is 16.0. The fourth-order valence-electron chi connectivity index (χ4n) is 1.99. The van der Waals surface area contributed by atoms with Crippen LogP contribution in [0.5, 0.6) is 0 Å². The van der Waals surface area contributed by atoms with Crippen molar-refractivity contribution in [3.8, 4) is 0 Å². The van der Waals surface area contributed by atoms with Gasteiger partial charge in [0.05, 0.1) is 4.34 Å². The standard InChI is InChI=1S/C13H22ClN3O2S2/c1-16(9-3-8-15-11-4-5-11)21(18,19)17(2)10-12-6-7-13(14)20-12/h6-7,11,15H,3-5,8-10H2,1-2H3. The minimum absolute atomic E-state index is 0.352. The second-order valence-electron chi connectivity index (χ2n) is 5.37. The molecule has 1 aromatic heterocycles. The van der Waals surface area contributed by atoms with Gasteiger partial charge < -0.3 is 5.32 Å². The third kappa shape index (κ3) is 5.19. The van der Waals surface area contributed by atoms with Gasteiger partial charge in [-0.2, -0.15) is 17.0 Å². The summed E-state index contributed by atoms with van der Waals surface area (Å²) >= 11 is 7.28. The number of nitrogens with one attached hydrogen (secondary N) is 1. The van der Waals surface area contributed by atoms with Crippen molar-refractivity contribution in [1.29, 1.82) is 0 Å². The van der Waals surface area contributed by atoms with Crippen molar-refractivity contribution in [2.45, 2.75) is 31.8 Å². The molecular weight excluding hydrogens is 330 g/mol. The van der Waals surface area contributed by atoms with Crippen LogP contribution in [0.15, 0.2) is 12.1 Å². The average molecular weight is 352 g/mol. The number of hydrogen-bond donors (Lipinski definition) is 1. The van der Waals surface area contributed by atoms with Crippen LogP contribution in [-0.4, -0.2) is 50.3 Å². The van der Waals surface area contributed by atoms with E-state index in [1.54, 1.807) is 20.2 Å². The van der Waals surface area contributed by atoms with E-state index < -0.39 is 10.2 Å². The molecule has 1 N–H and O–H groups in total. The first kappa shape index (κ1) is 17.2. The van der Waals surface area contributed by atoms with Crippen LogP contribution in [0.4, 0.5) is 0 Å². The van der Waals surface area contributed by atoms with Crippen LogP contribution in [-0.2, 0) is 16.8 Å². The van der Waals surface area contributed by atoms with Crippen molar-refractivity contribution in [2.75, 3.05) is 27.2 Å². The topological polar surface area (TPSA) is 52.7 Å². The van der Waals surface area contributed by atoms with E-state index in [1.165, 1.54) is 32.8 Å². The molecule has 1 aliphatic carbocycles. The van der Waals surface area contributed by atoms with E-state index in [1.807, 2.05) is 6.07 Å². The average Bonchev–Trinajstić information content (AvgIpc) is 3.16. The predicted octanol–water partition coefficient (Wildman–Crippen LogP) is 2.15.